The van der Waals surface area contributed by atoms with E-state index in [2.05, 4.69) is 0 Å². The second-order valence-corrected chi connectivity index (χ2v) is 9.72. The van der Waals surface area contributed by atoms with Gasteiger partial charge in [-0.2, -0.15) is 0 Å². The van der Waals surface area contributed by atoms with Crippen molar-refractivity contribution in [2.24, 2.45) is 0 Å². The lowest BCUT2D eigenvalue weighted by atomic mass is 10.1. The van der Waals surface area contributed by atoms with E-state index >= 15 is 0 Å². The van der Waals surface area contributed by atoms with Gasteiger partial charge in [0.15, 0.2) is 0 Å². The second kappa shape index (κ2) is 10.0. The van der Waals surface area contributed by atoms with Gasteiger partial charge in [-0.3, -0.25) is 19.3 Å². The number of unbranched alkanes of at least 4 members (excludes halogenated alkanes) is 2. The molecule has 174 valence electrons. The molecule has 1 aliphatic heterocycles. The lowest BCUT2D eigenvalue weighted by molar-refractivity contribution is -0.117. The van der Waals surface area contributed by atoms with Crippen LogP contribution >= 0.6 is 0 Å². The van der Waals surface area contributed by atoms with Crippen LogP contribution in [-0.2, 0) is 14.8 Å². The summed E-state index contributed by atoms with van der Waals surface area (Å²) in [4.78, 5) is 39.2. The number of hydrogen-bond acceptors (Lipinski definition) is 5. The fourth-order valence-corrected chi connectivity index (χ4v) is 5.42. The molecule has 0 aromatic heterocycles. The van der Waals surface area contributed by atoms with Gasteiger partial charge in [-0.05, 0) is 49.2 Å². The topological polar surface area (TPSA) is 91.8 Å². The Labute approximate surface area is 198 Å². The van der Waals surface area contributed by atoms with Crippen LogP contribution in [0.25, 0.3) is 0 Å². The first-order valence-corrected chi connectivity index (χ1v) is 12.5. The average molecular weight is 477 g/mol. The fourth-order valence-electron chi connectivity index (χ4n) is 3.94. The van der Waals surface area contributed by atoms with E-state index in [-0.39, 0.29) is 35.4 Å². The smallest absolute Gasteiger partial charge is 0.270 e. The van der Waals surface area contributed by atoms with Crippen molar-refractivity contribution in [1.29, 1.82) is 0 Å². The number of benzene rings is 3. The molecule has 8 heteroatoms. The average Bonchev–Trinajstić information content (AvgIpc) is 3.10. The normalized spacial score (nSPS) is 13.1. The van der Waals surface area contributed by atoms with Crippen LogP contribution in [0.15, 0.2) is 89.8 Å². The van der Waals surface area contributed by atoms with Gasteiger partial charge >= 0.3 is 0 Å². The fraction of sp³-hybridized carbons (Fsp3) is 0.192. The van der Waals surface area contributed by atoms with E-state index in [0.29, 0.717) is 30.4 Å². The minimum atomic E-state index is -4.07. The Morgan fingerprint density at radius 1 is 0.706 bits per heavy atom. The number of carbonyl (C=O) groups is 3. The summed E-state index contributed by atoms with van der Waals surface area (Å²) < 4.78 is 27.3. The van der Waals surface area contributed by atoms with Gasteiger partial charge in [0.1, 0.15) is 0 Å². The number of hydrogen-bond donors (Lipinski definition) is 0. The van der Waals surface area contributed by atoms with Gasteiger partial charge in [-0.1, -0.05) is 55.0 Å². The highest BCUT2D eigenvalue weighted by molar-refractivity contribution is 7.93. The van der Waals surface area contributed by atoms with Gasteiger partial charge in [0.05, 0.1) is 21.7 Å². The van der Waals surface area contributed by atoms with Gasteiger partial charge in [0.25, 0.3) is 21.8 Å². The Morgan fingerprint density at radius 2 is 1.24 bits per heavy atom. The molecule has 0 N–H and O–H groups in total. The molecule has 0 spiro atoms. The summed E-state index contributed by atoms with van der Waals surface area (Å²) in [6.07, 6.45) is 1.53. The van der Waals surface area contributed by atoms with Crippen LogP contribution in [0.3, 0.4) is 0 Å². The molecular formula is C26H24N2O5S. The Hall–Kier alpha value is -3.78. The van der Waals surface area contributed by atoms with Crippen molar-refractivity contribution in [3.05, 3.63) is 96.1 Å². The zero-order valence-electron chi connectivity index (χ0n) is 18.5. The summed E-state index contributed by atoms with van der Waals surface area (Å²) in [5.74, 6) is -1.14. The molecule has 3 aromatic rings. The highest BCUT2D eigenvalue weighted by atomic mass is 32.2. The van der Waals surface area contributed by atoms with E-state index in [0.717, 1.165) is 4.31 Å². The molecule has 0 saturated carbocycles. The van der Waals surface area contributed by atoms with Gasteiger partial charge in [0.2, 0.25) is 5.91 Å². The molecule has 0 atom stereocenters. The first kappa shape index (κ1) is 23.4. The molecule has 4 rings (SSSR count). The van der Waals surface area contributed by atoms with E-state index in [1.54, 1.807) is 72.8 Å². The van der Waals surface area contributed by atoms with Gasteiger partial charge in [0, 0.05) is 13.0 Å². The van der Waals surface area contributed by atoms with Crippen molar-refractivity contribution in [2.45, 2.75) is 30.6 Å². The van der Waals surface area contributed by atoms with Crippen molar-refractivity contribution in [3.63, 3.8) is 0 Å². The summed E-state index contributed by atoms with van der Waals surface area (Å²) in [6.45, 7) is 0.255. The summed E-state index contributed by atoms with van der Waals surface area (Å²) >= 11 is 0. The third-order valence-corrected chi connectivity index (χ3v) is 7.41. The van der Waals surface area contributed by atoms with Crippen molar-refractivity contribution >= 4 is 33.4 Å². The minimum Gasteiger partial charge on any atom is -0.274 e. The van der Waals surface area contributed by atoms with Gasteiger partial charge < -0.3 is 0 Å². The Bertz CT molecular complexity index is 1270. The van der Waals surface area contributed by atoms with Crippen molar-refractivity contribution < 1.29 is 22.8 Å². The lowest BCUT2D eigenvalue weighted by Gasteiger charge is -2.23. The summed E-state index contributed by atoms with van der Waals surface area (Å²) in [5.41, 5.74) is 1.10. The highest BCUT2D eigenvalue weighted by Crippen LogP contribution is 2.26. The SMILES string of the molecule is O=C1c2ccccc2C(=O)N1CCCCCC(=O)N(c1ccccc1)S(=O)(=O)c1ccccc1. The van der Waals surface area contributed by atoms with Crippen molar-refractivity contribution in [2.75, 3.05) is 10.8 Å². The van der Waals surface area contributed by atoms with Crippen LogP contribution in [0, 0.1) is 0 Å². The predicted molar refractivity (Wildman–Crippen MR) is 128 cm³/mol. The monoisotopic (exact) mass is 476 g/mol. The first-order chi connectivity index (χ1) is 16.4. The van der Waals surface area contributed by atoms with Crippen LogP contribution in [0.2, 0.25) is 0 Å². The van der Waals surface area contributed by atoms with E-state index in [9.17, 15) is 22.8 Å². The number of para-hydroxylation sites is 1. The predicted octanol–water partition coefficient (Wildman–Crippen LogP) is 4.27. The summed E-state index contributed by atoms with van der Waals surface area (Å²) in [7, 11) is -4.07. The van der Waals surface area contributed by atoms with Gasteiger partial charge in [-0.25, -0.2) is 12.7 Å². The third-order valence-electron chi connectivity index (χ3n) is 5.65. The molecule has 1 heterocycles. The quantitative estimate of drug-likeness (QED) is 0.340. The maximum absolute atomic E-state index is 13.2. The number of rotatable bonds is 9. The molecule has 0 radical (unpaired) electrons. The Morgan fingerprint density at radius 3 is 1.82 bits per heavy atom. The number of carbonyl (C=O) groups excluding carboxylic acids is 3. The second-order valence-electron chi connectivity index (χ2n) is 7.93. The maximum Gasteiger partial charge on any atom is 0.270 e. The van der Waals surface area contributed by atoms with E-state index < -0.39 is 15.9 Å². The largest absolute Gasteiger partial charge is 0.274 e. The molecule has 3 aromatic carbocycles. The minimum absolute atomic E-state index is 0.0169. The molecule has 0 aliphatic carbocycles. The molecule has 0 saturated heterocycles. The van der Waals surface area contributed by atoms with Crippen molar-refractivity contribution in [3.8, 4) is 0 Å². The number of nitrogens with zero attached hydrogens (tertiary/aromatic N) is 2. The molecule has 7 nitrogen and oxygen atoms in total. The Balaban J connectivity index is 1.38. The number of anilines is 1. The molecule has 0 fully saturated rings. The molecule has 0 bridgehead atoms. The van der Waals surface area contributed by atoms with E-state index in [1.807, 2.05) is 0 Å². The Kier molecular flexibility index (Phi) is 6.88. The number of fused-ring (bicyclic) bond motifs is 1. The first-order valence-electron chi connectivity index (χ1n) is 11.0. The molecule has 0 unspecified atom stereocenters. The number of sulfonamides is 1. The lowest BCUT2D eigenvalue weighted by Crippen LogP contribution is -2.37. The zero-order valence-corrected chi connectivity index (χ0v) is 19.3. The van der Waals surface area contributed by atoms with Crippen LogP contribution in [0.1, 0.15) is 46.4 Å². The molecule has 1 aliphatic rings. The van der Waals surface area contributed by atoms with Crippen LogP contribution < -0.4 is 4.31 Å². The standard InChI is InChI=1S/C26H24N2O5S/c29-24(18-8-3-11-19-27-25(30)22-16-9-10-17-23(22)26(27)31)28(20-12-4-1-5-13-20)34(32,33)21-14-6-2-7-15-21/h1-2,4-7,9-10,12-17H,3,8,11,18-19H2. The summed E-state index contributed by atoms with van der Waals surface area (Å²) in [5, 5.41) is 0. The van der Waals surface area contributed by atoms with E-state index in [1.165, 1.54) is 17.0 Å². The molecule has 34 heavy (non-hydrogen) atoms. The van der Waals surface area contributed by atoms with Crippen molar-refractivity contribution in [1.82, 2.24) is 4.90 Å². The molecular weight excluding hydrogens is 452 g/mol. The van der Waals surface area contributed by atoms with E-state index in [4.69, 9.17) is 0 Å². The summed E-state index contributed by atoms with van der Waals surface area (Å²) in [6, 6.07) is 22.8. The third kappa shape index (κ3) is 4.63. The number of imide groups is 1. The van der Waals surface area contributed by atoms with Crippen LogP contribution in [0.4, 0.5) is 5.69 Å². The highest BCUT2D eigenvalue weighted by Gasteiger charge is 2.34. The number of amides is 3. The maximum atomic E-state index is 13.2. The molecule has 3 amide bonds. The van der Waals surface area contributed by atoms with Crippen LogP contribution in [0.5, 0.6) is 0 Å². The zero-order chi connectivity index (χ0) is 24.1. The van der Waals surface area contributed by atoms with Crippen LogP contribution in [-0.4, -0.2) is 37.6 Å². The van der Waals surface area contributed by atoms with Gasteiger partial charge in [-0.15, -0.1) is 0 Å².